The molecule has 0 spiro atoms. The predicted molar refractivity (Wildman–Crippen MR) is 201 cm³/mol. The zero-order valence-electron chi connectivity index (χ0n) is 33.0. The highest BCUT2D eigenvalue weighted by Gasteiger charge is 2.32. The lowest BCUT2D eigenvalue weighted by molar-refractivity contribution is -0.144. The van der Waals surface area contributed by atoms with Gasteiger partial charge in [-0.2, -0.15) is 0 Å². The fraction of sp³-hybridized carbons (Fsp3) is 0.676. The van der Waals surface area contributed by atoms with Crippen molar-refractivity contribution in [3.05, 3.63) is 0 Å². The van der Waals surface area contributed by atoms with Gasteiger partial charge >= 0.3 is 23.9 Å². The summed E-state index contributed by atoms with van der Waals surface area (Å²) < 4.78 is 0. The highest BCUT2D eigenvalue weighted by atomic mass is 16.4. The molecule has 0 unspecified atom stereocenters. The smallest absolute Gasteiger partial charge is 0.326 e. The number of nitrogens with one attached hydrogen (secondary N) is 7. The van der Waals surface area contributed by atoms with Gasteiger partial charge < -0.3 is 74.2 Å². The Labute approximate surface area is 338 Å². The molecular weight excluding hydrogens is 790 g/mol. The maximum Gasteiger partial charge on any atom is 0.326 e. The third-order valence-corrected chi connectivity index (χ3v) is 8.20. The minimum atomic E-state index is -1.92. The number of carbonyl (C=O) groups is 11. The van der Waals surface area contributed by atoms with Gasteiger partial charge in [-0.05, 0) is 57.9 Å². The summed E-state index contributed by atoms with van der Waals surface area (Å²) in [6.07, 6.45) is -2.79. The molecule has 0 saturated heterocycles. The van der Waals surface area contributed by atoms with E-state index in [4.69, 9.17) is 26.8 Å². The standard InChI is InChI=1S/C34H57N9O16/c1-16(2)12-22(43-29(53)18(36)15-44)32(56)38-17(3)28(52)40-19(6-4-5-11-35)30(54)37-14-24(45)39-23(13-27(50)51)33(57)41-20(7-9-25(46)47)31(55)42-21(34(58)59)8-10-26(48)49/h16-23,44H,4-15,35-36H2,1-3H3,(H,37,54)(H,38,56)(H,39,45)(H,40,52)(H,41,57)(H,42,55)(H,43,53)(H,46,47)(H,48,49)(H,50,51)(H,58,59)/t17-,18-,19-,20-,21-,22-,23-/m0/s1. The Morgan fingerprint density at radius 1 is 0.542 bits per heavy atom. The lowest BCUT2D eigenvalue weighted by Crippen LogP contribution is -2.58. The van der Waals surface area contributed by atoms with Gasteiger partial charge in [-0.15, -0.1) is 0 Å². The Morgan fingerprint density at radius 2 is 1.03 bits per heavy atom. The van der Waals surface area contributed by atoms with Crippen molar-refractivity contribution in [2.24, 2.45) is 17.4 Å². The van der Waals surface area contributed by atoms with Crippen molar-refractivity contribution in [2.75, 3.05) is 19.7 Å². The van der Waals surface area contributed by atoms with E-state index in [1.54, 1.807) is 13.8 Å². The number of carboxylic acid groups (broad SMARTS) is 4. The zero-order chi connectivity index (χ0) is 45.4. The lowest BCUT2D eigenvalue weighted by atomic mass is 10.0. The molecule has 0 fully saturated rings. The molecular formula is C34H57N9O16. The molecule has 0 aromatic heterocycles. The van der Waals surface area contributed by atoms with Crippen LogP contribution in [-0.4, -0.2) is 153 Å². The molecule has 334 valence electrons. The minimum Gasteiger partial charge on any atom is -0.481 e. The van der Waals surface area contributed by atoms with E-state index in [1.807, 2.05) is 5.32 Å². The van der Waals surface area contributed by atoms with E-state index in [0.717, 1.165) is 0 Å². The minimum absolute atomic E-state index is 0.00498. The van der Waals surface area contributed by atoms with Gasteiger partial charge in [0, 0.05) is 12.8 Å². The Bertz CT molecular complexity index is 1510. The molecule has 0 aromatic rings. The van der Waals surface area contributed by atoms with Gasteiger partial charge in [-0.3, -0.25) is 47.9 Å². The first-order valence-electron chi connectivity index (χ1n) is 18.6. The monoisotopic (exact) mass is 847 g/mol. The van der Waals surface area contributed by atoms with Gasteiger partial charge in [0.1, 0.15) is 42.3 Å². The highest BCUT2D eigenvalue weighted by Crippen LogP contribution is 2.08. The predicted octanol–water partition coefficient (Wildman–Crippen LogP) is -5.19. The summed E-state index contributed by atoms with van der Waals surface area (Å²) in [5.74, 6) is -13.1. The van der Waals surface area contributed by atoms with Gasteiger partial charge in [0.05, 0.1) is 19.6 Å². The second-order valence-electron chi connectivity index (χ2n) is 13.8. The van der Waals surface area contributed by atoms with Crippen LogP contribution in [0.5, 0.6) is 0 Å². The van der Waals surface area contributed by atoms with E-state index >= 15 is 0 Å². The maximum absolute atomic E-state index is 13.2. The van der Waals surface area contributed by atoms with Crippen molar-refractivity contribution >= 4 is 65.2 Å². The van der Waals surface area contributed by atoms with Gasteiger partial charge in [-0.25, -0.2) is 4.79 Å². The van der Waals surface area contributed by atoms with Crippen LogP contribution in [0.25, 0.3) is 0 Å². The van der Waals surface area contributed by atoms with E-state index < -0.39 is 153 Å². The van der Waals surface area contributed by atoms with Gasteiger partial charge in [0.15, 0.2) is 0 Å². The molecule has 25 heteroatoms. The molecule has 0 heterocycles. The average Bonchev–Trinajstić information content (AvgIpc) is 3.14. The Hall–Kier alpha value is -5.95. The summed E-state index contributed by atoms with van der Waals surface area (Å²) in [5, 5.41) is 61.6. The number of amides is 7. The topological polar surface area (TPSA) is 425 Å². The van der Waals surface area contributed by atoms with Crippen LogP contribution in [0.4, 0.5) is 0 Å². The normalized spacial score (nSPS) is 14.4. The third-order valence-electron chi connectivity index (χ3n) is 8.20. The van der Waals surface area contributed by atoms with Crippen LogP contribution >= 0.6 is 0 Å². The summed E-state index contributed by atoms with van der Waals surface area (Å²) in [6.45, 7) is 3.53. The highest BCUT2D eigenvalue weighted by molar-refractivity contribution is 5.97. The van der Waals surface area contributed by atoms with Crippen LogP contribution < -0.4 is 48.7 Å². The molecule has 7 amide bonds. The van der Waals surface area contributed by atoms with E-state index in [2.05, 4.69) is 31.9 Å². The van der Waals surface area contributed by atoms with Crippen LogP contribution in [0.1, 0.15) is 78.6 Å². The third kappa shape index (κ3) is 22.5. The fourth-order valence-electron chi connectivity index (χ4n) is 5.03. The molecule has 0 rings (SSSR count). The number of carboxylic acids is 4. The molecule has 0 aliphatic carbocycles. The van der Waals surface area contributed by atoms with Gasteiger partial charge in [0.2, 0.25) is 41.4 Å². The molecule has 59 heavy (non-hydrogen) atoms. The van der Waals surface area contributed by atoms with Crippen LogP contribution in [0.15, 0.2) is 0 Å². The SMILES string of the molecule is CC(C)C[C@H](NC(=O)[C@@H](N)CO)C(=O)N[C@@H](C)C(=O)N[C@@H](CCCCN)C(=O)NCC(=O)N[C@@H](CC(=O)O)C(=O)N[C@@H](CCC(=O)O)C(=O)N[C@@H](CCC(=O)O)C(=O)O. The largest absolute Gasteiger partial charge is 0.481 e. The summed E-state index contributed by atoms with van der Waals surface area (Å²) >= 11 is 0. The van der Waals surface area contributed by atoms with Crippen LogP contribution in [0.2, 0.25) is 0 Å². The van der Waals surface area contributed by atoms with Crippen LogP contribution in [-0.2, 0) is 52.7 Å². The number of aliphatic carboxylic acids is 4. The van der Waals surface area contributed by atoms with Crippen molar-refractivity contribution in [1.82, 2.24) is 37.2 Å². The van der Waals surface area contributed by atoms with E-state index in [9.17, 15) is 63.0 Å². The van der Waals surface area contributed by atoms with Crippen molar-refractivity contribution in [1.29, 1.82) is 0 Å². The number of hydrogen-bond acceptors (Lipinski definition) is 14. The first-order valence-corrected chi connectivity index (χ1v) is 18.6. The molecule has 0 saturated carbocycles. The number of carbonyl (C=O) groups excluding carboxylic acids is 7. The van der Waals surface area contributed by atoms with Crippen LogP contribution in [0.3, 0.4) is 0 Å². The van der Waals surface area contributed by atoms with Gasteiger partial charge in [-0.1, -0.05) is 13.8 Å². The number of rotatable bonds is 30. The molecule has 0 radical (unpaired) electrons. The molecule has 0 aliphatic heterocycles. The maximum atomic E-state index is 13.2. The first kappa shape index (κ1) is 53.0. The quantitative estimate of drug-likeness (QED) is 0.0300. The van der Waals surface area contributed by atoms with E-state index in [-0.39, 0.29) is 25.3 Å². The van der Waals surface area contributed by atoms with Crippen molar-refractivity contribution in [2.45, 2.75) is 121 Å². The number of hydrogen-bond donors (Lipinski definition) is 14. The average molecular weight is 848 g/mol. The first-order chi connectivity index (χ1) is 27.5. The van der Waals surface area contributed by atoms with Gasteiger partial charge in [0.25, 0.3) is 0 Å². The number of unbranched alkanes of at least 4 members (excludes halogenated alkanes) is 1. The second-order valence-corrected chi connectivity index (χ2v) is 13.8. The Morgan fingerprint density at radius 3 is 1.54 bits per heavy atom. The Balaban J connectivity index is 5.86. The summed E-state index contributed by atoms with van der Waals surface area (Å²) in [5.41, 5.74) is 11.1. The summed E-state index contributed by atoms with van der Waals surface area (Å²) in [4.78, 5) is 136. The second kappa shape index (κ2) is 27.6. The molecule has 25 nitrogen and oxygen atoms in total. The number of aliphatic hydroxyl groups is 1. The molecule has 7 atom stereocenters. The fourth-order valence-corrected chi connectivity index (χ4v) is 5.03. The number of aliphatic hydroxyl groups excluding tert-OH is 1. The lowest BCUT2D eigenvalue weighted by Gasteiger charge is -2.25. The van der Waals surface area contributed by atoms with Crippen molar-refractivity contribution in [3.8, 4) is 0 Å². The van der Waals surface area contributed by atoms with E-state index in [0.29, 0.717) is 12.8 Å². The molecule has 16 N–H and O–H groups in total. The Kier molecular flexibility index (Phi) is 24.9. The van der Waals surface area contributed by atoms with Crippen molar-refractivity contribution < 1.29 is 78.3 Å². The van der Waals surface area contributed by atoms with Crippen molar-refractivity contribution in [3.63, 3.8) is 0 Å². The number of nitrogens with two attached hydrogens (primary N) is 2. The summed E-state index contributed by atoms with van der Waals surface area (Å²) in [6, 6.07) is -10.5. The molecule has 0 aromatic carbocycles. The molecule has 0 aliphatic rings. The zero-order valence-corrected chi connectivity index (χ0v) is 33.0. The van der Waals surface area contributed by atoms with Crippen LogP contribution in [0, 0.1) is 5.92 Å². The van der Waals surface area contributed by atoms with E-state index in [1.165, 1.54) is 6.92 Å². The summed E-state index contributed by atoms with van der Waals surface area (Å²) in [7, 11) is 0. The molecule has 0 bridgehead atoms.